The minimum atomic E-state index is -0.393. The molecule has 0 aliphatic carbocycles. The highest BCUT2D eigenvalue weighted by atomic mass is 16.5. The van der Waals surface area contributed by atoms with Crippen molar-refractivity contribution in [2.24, 2.45) is 0 Å². The summed E-state index contributed by atoms with van der Waals surface area (Å²) >= 11 is 0. The number of pyridine rings is 1. The molecule has 1 aromatic heterocycles. The normalized spacial score (nSPS) is 10.2. The van der Waals surface area contributed by atoms with Crippen LogP contribution >= 0.6 is 0 Å². The first-order valence-electron chi connectivity index (χ1n) is 8.88. The smallest absolute Gasteiger partial charge is 0.274 e. The van der Waals surface area contributed by atoms with Gasteiger partial charge in [0.2, 0.25) is 0 Å². The lowest BCUT2D eigenvalue weighted by Gasteiger charge is -2.12. The van der Waals surface area contributed by atoms with Gasteiger partial charge in [-0.3, -0.25) is 14.6 Å². The number of benzene rings is 2. The number of rotatable bonds is 6. The molecule has 7 heteroatoms. The number of hydrogen-bond donors (Lipinski definition) is 2. The molecule has 2 amide bonds. The van der Waals surface area contributed by atoms with Gasteiger partial charge in [-0.15, -0.1) is 0 Å². The van der Waals surface area contributed by atoms with Crippen molar-refractivity contribution >= 4 is 23.2 Å². The summed E-state index contributed by atoms with van der Waals surface area (Å²) in [6, 6.07) is 15.5. The van der Waals surface area contributed by atoms with Crippen LogP contribution in [-0.2, 0) is 0 Å². The first-order valence-corrected chi connectivity index (χ1v) is 8.88. The molecule has 0 atom stereocenters. The van der Waals surface area contributed by atoms with Crippen LogP contribution in [0.3, 0.4) is 0 Å². The van der Waals surface area contributed by atoms with E-state index in [4.69, 9.17) is 9.47 Å². The van der Waals surface area contributed by atoms with Crippen LogP contribution < -0.4 is 20.1 Å². The lowest BCUT2D eigenvalue weighted by Crippen LogP contribution is -2.17. The number of aryl methyl sites for hydroxylation is 1. The van der Waals surface area contributed by atoms with Crippen LogP contribution in [0.4, 0.5) is 11.4 Å². The van der Waals surface area contributed by atoms with Crippen molar-refractivity contribution < 1.29 is 19.1 Å². The van der Waals surface area contributed by atoms with E-state index in [1.54, 1.807) is 31.4 Å². The zero-order valence-electron chi connectivity index (χ0n) is 16.4. The summed E-state index contributed by atoms with van der Waals surface area (Å²) in [5, 5.41) is 5.58. The van der Waals surface area contributed by atoms with E-state index in [1.165, 1.54) is 25.4 Å². The van der Waals surface area contributed by atoms with Gasteiger partial charge in [0.25, 0.3) is 11.8 Å². The number of carbonyl (C=O) groups is 2. The standard InChI is InChI=1S/C22H21N3O4/c1-14-6-4-5-7-17(14)24-22(27)19-12-15(10-11-23-19)21(26)25-18-9-8-16(28-2)13-20(18)29-3/h4-13H,1-3H3,(H,24,27)(H,25,26). The Balaban J connectivity index is 1.78. The molecule has 0 saturated carbocycles. The van der Waals surface area contributed by atoms with Gasteiger partial charge in [0.05, 0.1) is 19.9 Å². The van der Waals surface area contributed by atoms with E-state index in [1.807, 2.05) is 25.1 Å². The summed E-state index contributed by atoms with van der Waals surface area (Å²) in [6.45, 7) is 1.90. The highest BCUT2D eigenvalue weighted by Crippen LogP contribution is 2.29. The van der Waals surface area contributed by atoms with Gasteiger partial charge in [-0.2, -0.15) is 0 Å². The number of para-hydroxylation sites is 1. The summed E-state index contributed by atoms with van der Waals surface area (Å²) in [4.78, 5) is 29.3. The Morgan fingerprint density at radius 1 is 0.862 bits per heavy atom. The van der Waals surface area contributed by atoms with Crippen LogP contribution in [0.25, 0.3) is 0 Å². The third-order valence-corrected chi connectivity index (χ3v) is 4.30. The van der Waals surface area contributed by atoms with Gasteiger partial charge in [0.15, 0.2) is 0 Å². The number of nitrogens with zero attached hydrogens (tertiary/aromatic N) is 1. The van der Waals surface area contributed by atoms with Crippen molar-refractivity contribution in [3.05, 3.63) is 77.6 Å². The van der Waals surface area contributed by atoms with Gasteiger partial charge >= 0.3 is 0 Å². The monoisotopic (exact) mass is 391 g/mol. The lowest BCUT2D eigenvalue weighted by atomic mass is 10.1. The average molecular weight is 391 g/mol. The van der Waals surface area contributed by atoms with Crippen molar-refractivity contribution in [3.8, 4) is 11.5 Å². The maximum absolute atomic E-state index is 12.7. The van der Waals surface area contributed by atoms with Crippen molar-refractivity contribution in [1.29, 1.82) is 0 Å². The second-order valence-electron chi connectivity index (χ2n) is 6.22. The topological polar surface area (TPSA) is 89.5 Å². The van der Waals surface area contributed by atoms with E-state index < -0.39 is 5.91 Å². The van der Waals surface area contributed by atoms with Crippen LogP contribution in [0.15, 0.2) is 60.8 Å². The number of ether oxygens (including phenoxy) is 2. The molecule has 0 unspecified atom stereocenters. The van der Waals surface area contributed by atoms with E-state index in [0.717, 1.165) is 5.56 Å². The molecule has 3 aromatic rings. The molecule has 0 bridgehead atoms. The van der Waals surface area contributed by atoms with Gasteiger partial charge in [0, 0.05) is 23.5 Å². The summed E-state index contributed by atoms with van der Waals surface area (Å²) in [5.41, 5.74) is 2.55. The molecule has 0 saturated heterocycles. The molecule has 2 aromatic carbocycles. The predicted octanol–water partition coefficient (Wildman–Crippen LogP) is 3.91. The number of amides is 2. The van der Waals surface area contributed by atoms with Gasteiger partial charge in [0.1, 0.15) is 17.2 Å². The molecule has 0 fully saturated rings. The Labute approximate surface area is 168 Å². The van der Waals surface area contributed by atoms with E-state index >= 15 is 0 Å². The zero-order chi connectivity index (χ0) is 20.8. The number of methoxy groups -OCH3 is 2. The molecule has 7 nitrogen and oxygen atoms in total. The van der Waals surface area contributed by atoms with Gasteiger partial charge < -0.3 is 20.1 Å². The van der Waals surface area contributed by atoms with Crippen molar-refractivity contribution in [2.45, 2.75) is 6.92 Å². The molecule has 148 valence electrons. The molecule has 2 N–H and O–H groups in total. The van der Waals surface area contributed by atoms with E-state index in [9.17, 15) is 9.59 Å². The minimum Gasteiger partial charge on any atom is -0.497 e. The van der Waals surface area contributed by atoms with E-state index in [0.29, 0.717) is 28.4 Å². The first kappa shape index (κ1) is 19.9. The Morgan fingerprint density at radius 2 is 1.62 bits per heavy atom. The molecular weight excluding hydrogens is 370 g/mol. The summed E-state index contributed by atoms with van der Waals surface area (Å²) in [5.74, 6) is 0.292. The maximum Gasteiger partial charge on any atom is 0.274 e. The number of anilines is 2. The molecule has 29 heavy (non-hydrogen) atoms. The highest BCUT2D eigenvalue weighted by Gasteiger charge is 2.15. The van der Waals surface area contributed by atoms with Crippen molar-refractivity contribution in [3.63, 3.8) is 0 Å². The highest BCUT2D eigenvalue weighted by molar-refractivity contribution is 6.08. The van der Waals surface area contributed by atoms with Crippen LogP contribution in [0, 0.1) is 6.92 Å². The Hall–Kier alpha value is -3.87. The molecule has 3 rings (SSSR count). The van der Waals surface area contributed by atoms with Crippen LogP contribution in [0.2, 0.25) is 0 Å². The van der Waals surface area contributed by atoms with Crippen LogP contribution in [0.5, 0.6) is 11.5 Å². The number of carbonyl (C=O) groups excluding carboxylic acids is 2. The van der Waals surface area contributed by atoms with Gasteiger partial charge in [-0.25, -0.2) is 0 Å². The summed E-state index contributed by atoms with van der Waals surface area (Å²) in [6.07, 6.45) is 1.42. The number of hydrogen-bond acceptors (Lipinski definition) is 5. The Morgan fingerprint density at radius 3 is 2.34 bits per heavy atom. The van der Waals surface area contributed by atoms with Crippen molar-refractivity contribution in [2.75, 3.05) is 24.9 Å². The predicted molar refractivity (Wildman–Crippen MR) is 111 cm³/mol. The van der Waals surface area contributed by atoms with E-state index in [2.05, 4.69) is 15.6 Å². The largest absolute Gasteiger partial charge is 0.497 e. The summed E-state index contributed by atoms with van der Waals surface area (Å²) in [7, 11) is 3.05. The lowest BCUT2D eigenvalue weighted by molar-refractivity contribution is 0.102. The fourth-order valence-corrected chi connectivity index (χ4v) is 2.69. The Bertz CT molecular complexity index is 1050. The average Bonchev–Trinajstić information content (AvgIpc) is 2.75. The SMILES string of the molecule is COc1ccc(NC(=O)c2ccnc(C(=O)Nc3ccccc3C)c2)c(OC)c1. The zero-order valence-corrected chi connectivity index (χ0v) is 16.4. The first-order chi connectivity index (χ1) is 14.0. The van der Waals surface area contributed by atoms with Crippen molar-refractivity contribution in [1.82, 2.24) is 4.98 Å². The molecule has 1 heterocycles. The maximum atomic E-state index is 12.7. The number of aromatic nitrogens is 1. The second-order valence-corrected chi connectivity index (χ2v) is 6.22. The van der Waals surface area contributed by atoms with Crippen LogP contribution in [-0.4, -0.2) is 31.0 Å². The van der Waals surface area contributed by atoms with Crippen LogP contribution in [0.1, 0.15) is 26.4 Å². The third-order valence-electron chi connectivity index (χ3n) is 4.30. The number of nitrogens with one attached hydrogen (secondary N) is 2. The minimum absolute atomic E-state index is 0.141. The molecular formula is C22H21N3O4. The molecule has 0 spiro atoms. The van der Waals surface area contributed by atoms with Gasteiger partial charge in [-0.05, 0) is 42.8 Å². The molecule has 0 radical (unpaired) electrons. The fourth-order valence-electron chi connectivity index (χ4n) is 2.69. The quantitative estimate of drug-likeness (QED) is 0.665. The molecule has 0 aliphatic heterocycles. The second kappa shape index (κ2) is 8.88. The molecule has 0 aliphatic rings. The third kappa shape index (κ3) is 4.70. The fraction of sp³-hybridized carbons (Fsp3) is 0.136. The van der Waals surface area contributed by atoms with Gasteiger partial charge in [-0.1, -0.05) is 18.2 Å². The summed E-state index contributed by atoms with van der Waals surface area (Å²) < 4.78 is 10.4. The Kier molecular flexibility index (Phi) is 6.09. The van der Waals surface area contributed by atoms with E-state index in [-0.39, 0.29) is 11.6 Å².